The van der Waals surface area contributed by atoms with Gasteiger partial charge in [0.05, 0.1) is 6.61 Å². The second kappa shape index (κ2) is 6.63. The summed E-state index contributed by atoms with van der Waals surface area (Å²) in [6.07, 6.45) is 5.45. The van der Waals surface area contributed by atoms with Crippen LogP contribution in [0.5, 0.6) is 5.75 Å². The van der Waals surface area contributed by atoms with Crippen molar-refractivity contribution in [2.45, 2.75) is 19.8 Å². The van der Waals surface area contributed by atoms with Crippen molar-refractivity contribution in [2.24, 2.45) is 0 Å². The van der Waals surface area contributed by atoms with Crippen LogP contribution in [0.2, 0.25) is 0 Å². The van der Waals surface area contributed by atoms with Crippen LogP contribution in [0.15, 0.2) is 42.5 Å². The second-order valence-corrected chi connectivity index (χ2v) is 6.46. The number of hydrogen-bond donors (Lipinski definition) is 1. The molecule has 0 aromatic heterocycles. The molecule has 128 valence electrons. The summed E-state index contributed by atoms with van der Waals surface area (Å²) >= 11 is 0. The lowest BCUT2D eigenvalue weighted by Gasteiger charge is -2.17. The topological polar surface area (TPSA) is 41.6 Å². The van der Waals surface area contributed by atoms with Crippen molar-refractivity contribution < 1.29 is 9.53 Å². The van der Waals surface area contributed by atoms with Gasteiger partial charge in [-0.25, -0.2) is 0 Å². The van der Waals surface area contributed by atoms with Crippen molar-refractivity contribution in [3.8, 4) is 5.75 Å². The molecule has 2 aliphatic heterocycles. The standard InChI is InChI=1S/C21H22N2O2/c1-2-23-11-9-16-5-6-18(14-19(16)23)22-21(24)8-4-15-3-7-20-17(13-15)10-12-25-20/h3-8,13-14H,2,9-12H2,1H3,(H,22,24)/b8-4+. The van der Waals surface area contributed by atoms with E-state index < -0.39 is 0 Å². The van der Waals surface area contributed by atoms with Gasteiger partial charge in [-0.1, -0.05) is 12.1 Å². The van der Waals surface area contributed by atoms with Gasteiger partial charge in [0, 0.05) is 37.0 Å². The molecule has 4 nitrogen and oxygen atoms in total. The van der Waals surface area contributed by atoms with E-state index in [4.69, 9.17) is 4.74 Å². The van der Waals surface area contributed by atoms with E-state index in [-0.39, 0.29) is 5.91 Å². The lowest BCUT2D eigenvalue weighted by atomic mass is 10.1. The fourth-order valence-electron chi connectivity index (χ4n) is 3.52. The Kier molecular flexibility index (Phi) is 4.18. The number of nitrogens with one attached hydrogen (secondary N) is 1. The summed E-state index contributed by atoms with van der Waals surface area (Å²) in [7, 11) is 0. The summed E-state index contributed by atoms with van der Waals surface area (Å²) in [6.45, 7) is 4.96. The molecule has 0 fully saturated rings. The highest BCUT2D eigenvalue weighted by atomic mass is 16.5. The van der Waals surface area contributed by atoms with E-state index in [1.165, 1.54) is 16.8 Å². The number of fused-ring (bicyclic) bond motifs is 2. The minimum atomic E-state index is -0.113. The fourth-order valence-corrected chi connectivity index (χ4v) is 3.52. The lowest BCUT2D eigenvalue weighted by Crippen LogP contribution is -2.19. The second-order valence-electron chi connectivity index (χ2n) is 6.46. The Hall–Kier alpha value is -2.75. The zero-order valence-electron chi connectivity index (χ0n) is 14.4. The first kappa shape index (κ1) is 15.8. The minimum Gasteiger partial charge on any atom is -0.493 e. The average molecular weight is 334 g/mol. The van der Waals surface area contributed by atoms with E-state index in [2.05, 4.69) is 35.3 Å². The molecule has 1 N–H and O–H groups in total. The van der Waals surface area contributed by atoms with Crippen molar-refractivity contribution in [1.29, 1.82) is 0 Å². The molecular formula is C21H22N2O2. The number of hydrogen-bond acceptors (Lipinski definition) is 3. The monoisotopic (exact) mass is 334 g/mol. The maximum Gasteiger partial charge on any atom is 0.248 e. The number of anilines is 2. The third-order valence-electron chi connectivity index (χ3n) is 4.87. The Bertz CT molecular complexity index is 842. The van der Waals surface area contributed by atoms with Crippen LogP contribution < -0.4 is 15.0 Å². The first-order valence-electron chi connectivity index (χ1n) is 8.85. The predicted molar refractivity (Wildman–Crippen MR) is 101 cm³/mol. The Morgan fingerprint density at radius 3 is 3.00 bits per heavy atom. The van der Waals surface area contributed by atoms with E-state index in [0.29, 0.717) is 0 Å². The highest BCUT2D eigenvalue weighted by Gasteiger charge is 2.18. The molecule has 2 aromatic carbocycles. The Morgan fingerprint density at radius 1 is 1.20 bits per heavy atom. The van der Waals surface area contributed by atoms with E-state index >= 15 is 0 Å². The van der Waals surface area contributed by atoms with Crippen LogP contribution in [0.25, 0.3) is 6.08 Å². The molecule has 25 heavy (non-hydrogen) atoms. The van der Waals surface area contributed by atoms with Gasteiger partial charge in [0.15, 0.2) is 0 Å². The lowest BCUT2D eigenvalue weighted by molar-refractivity contribution is -0.111. The van der Waals surface area contributed by atoms with Crippen molar-refractivity contribution in [3.63, 3.8) is 0 Å². The summed E-state index contributed by atoms with van der Waals surface area (Å²) in [5, 5.41) is 2.96. The molecule has 2 heterocycles. The number of benzene rings is 2. The first-order valence-corrected chi connectivity index (χ1v) is 8.85. The van der Waals surface area contributed by atoms with Gasteiger partial charge in [0.2, 0.25) is 5.91 Å². The van der Waals surface area contributed by atoms with E-state index in [1.807, 2.05) is 24.3 Å². The maximum absolute atomic E-state index is 12.2. The van der Waals surface area contributed by atoms with Gasteiger partial charge in [0.1, 0.15) is 5.75 Å². The smallest absolute Gasteiger partial charge is 0.248 e. The van der Waals surface area contributed by atoms with Gasteiger partial charge in [-0.15, -0.1) is 0 Å². The molecule has 0 unspecified atom stereocenters. The van der Waals surface area contributed by atoms with E-state index in [9.17, 15) is 4.79 Å². The Labute approximate surface area is 148 Å². The highest BCUT2D eigenvalue weighted by molar-refractivity contribution is 6.02. The summed E-state index contributed by atoms with van der Waals surface area (Å²) in [5.41, 5.74) is 5.67. The first-order chi connectivity index (χ1) is 12.2. The SMILES string of the molecule is CCN1CCc2ccc(NC(=O)/C=C/c3ccc4c(c3)CCO4)cc21. The summed E-state index contributed by atoms with van der Waals surface area (Å²) in [5.74, 6) is 0.845. The molecule has 2 aliphatic rings. The quantitative estimate of drug-likeness (QED) is 0.868. The summed E-state index contributed by atoms with van der Waals surface area (Å²) in [6, 6.07) is 12.2. The number of carbonyl (C=O) groups excluding carboxylic acids is 1. The largest absolute Gasteiger partial charge is 0.493 e. The molecule has 4 heteroatoms. The number of nitrogens with zero attached hydrogens (tertiary/aromatic N) is 1. The van der Waals surface area contributed by atoms with Gasteiger partial charge in [0.25, 0.3) is 0 Å². The normalized spacial score (nSPS) is 15.2. The van der Waals surface area contributed by atoms with Gasteiger partial charge in [-0.05, 0) is 60.4 Å². The third kappa shape index (κ3) is 3.25. The molecular weight excluding hydrogens is 312 g/mol. The Balaban J connectivity index is 1.44. The number of carbonyl (C=O) groups is 1. The van der Waals surface area contributed by atoms with Crippen LogP contribution in [-0.4, -0.2) is 25.6 Å². The summed E-state index contributed by atoms with van der Waals surface area (Å²) < 4.78 is 5.51. The molecule has 0 spiro atoms. The van der Waals surface area contributed by atoms with E-state index in [1.54, 1.807) is 6.08 Å². The van der Waals surface area contributed by atoms with Crippen molar-refractivity contribution in [1.82, 2.24) is 0 Å². The molecule has 0 saturated carbocycles. The van der Waals surface area contributed by atoms with Crippen LogP contribution in [0.1, 0.15) is 23.6 Å². The number of amides is 1. The van der Waals surface area contributed by atoms with Crippen LogP contribution >= 0.6 is 0 Å². The highest BCUT2D eigenvalue weighted by Crippen LogP contribution is 2.30. The van der Waals surface area contributed by atoms with E-state index in [0.717, 1.165) is 49.5 Å². The maximum atomic E-state index is 12.2. The fraction of sp³-hybridized carbons (Fsp3) is 0.286. The molecule has 2 aromatic rings. The number of rotatable bonds is 4. The molecule has 0 aliphatic carbocycles. The van der Waals surface area contributed by atoms with Gasteiger partial charge < -0.3 is 15.0 Å². The van der Waals surface area contributed by atoms with Gasteiger partial charge >= 0.3 is 0 Å². The third-order valence-corrected chi connectivity index (χ3v) is 4.87. The van der Waals surface area contributed by atoms with Crippen LogP contribution in [0, 0.1) is 0 Å². The molecule has 0 radical (unpaired) electrons. The molecule has 1 amide bonds. The number of ether oxygens (including phenoxy) is 1. The van der Waals surface area contributed by atoms with Crippen molar-refractivity contribution in [2.75, 3.05) is 29.9 Å². The van der Waals surface area contributed by atoms with Crippen molar-refractivity contribution >= 4 is 23.4 Å². The van der Waals surface area contributed by atoms with Crippen LogP contribution in [0.4, 0.5) is 11.4 Å². The summed E-state index contributed by atoms with van der Waals surface area (Å²) in [4.78, 5) is 14.6. The Morgan fingerprint density at radius 2 is 2.12 bits per heavy atom. The average Bonchev–Trinajstić information content (AvgIpc) is 3.25. The van der Waals surface area contributed by atoms with Crippen molar-refractivity contribution in [3.05, 3.63) is 59.2 Å². The van der Waals surface area contributed by atoms with Gasteiger partial charge in [-0.2, -0.15) is 0 Å². The molecule has 0 atom stereocenters. The zero-order chi connectivity index (χ0) is 17.2. The minimum absolute atomic E-state index is 0.113. The molecule has 0 bridgehead atoms. The molecule has 0 saturated heterocycles. The van der Waals surface area contributed by atoms with Gasteiger partial charge in [-0.3, -0.25) is 4.79 Å². The number of likely N-dealkylation sites (N-methyl/N-ethyl adjacent to an activating group) is 1. The predicted octanol–water partition coefficient (Wildman–Crippen LogP) is 3.66. The molecule has 4 rings (SSSR count). The van der Waals surface area contributed by atoms with Crippen LogP contribution in [-0.2, 0) is 17.6 Å². The van der Waals surface area contributed by atoms with Crippen LogP contribution in [0.3, 0.4) is 0 Å². The zero-order valence-corrected chi connectivity index (χ0v) is 14.4.